The molecule has 1 unspecified atom stereocenters. The summed E-state index contributed by atoms with van der Waals surface area (Å²) < 4.78 is 0. The van der Waals surface area contributed by atoms with Gasteiger partial charge in [0.05, 0.1) is 0 Å². The molecule has 0 amide bonds. The van der Waals surface area contributed by atoms with Crippen molar-refractivity contribution < 1.29 is 0 Å². The smallest absolute Gasteiger partial charge is 0.0422 e. The lowest BCUT2D eigenvalue weighted by Crippen LogP contribution is -2.64. The van der Waals surface area contributed by atoms with E-state index in [0.717, 1.165) is 11.8 Å². The first-order valence-corrected chi connectivity index (χ1v) is 8.77. The Morgan fingerprint density at radius 3 is 2.15 bits per heavy atom. The Kier molecular flexibility index (Phi) is 5.88. The summed E-state index contributed by atoms with van der Waals surface area (Å²) >= 11 is 0. The van der Waals surface area contributed by atoms with Gasteiger partial charge in [0.2, 0.25) is 0 Å². The van der Waals surface area contributed by atoms with Crippen molar-refractivity contribution in [3.05, 3.63) is 0 Å². The van der Waals surface area contributed by atoms with E-state index in [9.17, 15) is 0 Å². The van der Waals surface area contributed by atoms with E-state index < -0.39 is 0 Å². The fourth-order valence-corrected chi connectivity index (χ4v) is 4.86. The molecule has 118 valence electrons. The normalized spacial score (nSPS) is 32.2. The highest BCUT2D eigenvalue weighted by molar-refractivity contribution is 5.03. The topological polar surface area (TPSA) is 41.3 Å². The molecule has 2 aliphatic rings. The van der Waals surface area contributed by atoms with Crippen LogP contribution in [-0.2, 0) is 0 Å². The van der Waals surface area contributed by atoms with Gasteiger partial charge in [-0.3, -0.25) is 11.3 Å². The lowest BCUT2D eigenvalue weighted by Gasteiger charge is -2.51. The van der Waals surface area contributed by atoms with Crippen LogP contribution in [0.5, 0.6) is 0 Å². The van der Waals surface area contributed by atoms with Crippen molar-refractivity contribution in [3.63, 3.8) is 0 Å². The second-order valence-corrected chi connectivity index (χ2v) is 7.39. The quantitative estimate of drug-likeness (QED) is 0.600. The van der Waals surface area contributed by atoms with Crippen molar-refractivity contribution in [2.45, 2.75) is 82.7 Å². The number of rotatable bonds is 5. The molecule has 0 aromatic rings. The van der Waals surface area contributed by atoms with Gasteiger partial charge in [-0.15, -0.1) is 0 Å². The minimum Gasteiger partial charge on any atom is -0.302 e. The number of likely N-dealkylation sites (N-methyl/N-ethyl adjacent to an activating group) is 1. The van der Waals surface area contributed by atoms with E-state index in [0.29, 0.717) is 6.04 Å². The molecule has 0 aromatic heterocycles. The fraction of sp³-hybridized carbons (Fsp3) is 1.00. The molecule has 3 heteroatoms. The molecule has 2 saturated carbocycles. The largest absolute Gasteiger partial charge is 0.302 e. The molecule has 2 fully saturated rings. The Labute approximate surface area is 125 Å². The van der Waals surface area contributed by atoms with Gasteiger partial charge in [-0.05, 0) is 51.6 Å². The maximum absolute atomic E-state index is 6.05. The van der Waals surface area contributed by atoms with Crippen molar-refractivity contribution in [3.8, 4) is 0 Å². The summed E-state index contributed by atoms with van der Waals surface area (Å²) in [6, 6.07) is 0.468. The monoisotopic (exact) mass is 281 g/mol. The number of nitrogens with one attached hydrogen (secondary N) is 1. The molecule has 2 rings (SSSR count). The SMILES string of the molecule is CCC1CCC(C(NN)C2(N(C)C)CCCCC2)CC1. The fourth-order valence-electron chi connectivity index (χ4n) is 4.86. The van der Waals surface area contributed by atoms with Crippen LogP contribution in [0.4, 0.5) is 0 Å². The van der Waals surface area contributed by atoms with Crippen LogP contribution in [0.2, 0.25) is 0 Å². The van der Waals surface area contributed by atoms with Crippen LogP contribution in [0.25, 0.3) is 0 Å². The van der Waals surface area contributed by atoms with Crippen LogP contribution >= 0.6 is 0 Å². The van der Waals surface area contributed by atoms with Gasteiger partial charge in [0.1, 0.15) is 0 Å². The van der Waals surface area contributed by atoms with Gasteiger partial charge in [-0.25, -0.2) is 0 Å². The highest BCUT2D eigenvalue weighted by Crippen LogP contribution is 2.42. The molecule has 1 atom stereocenters. The molecule has 0 heterocycles. The first kappa shape index (κ1) is 16.3. The molecule has 3 N–H and O–H groups in total. The van der Waals surface area contributed by atoms with Gasteiger partial charge in [-0.2, -0.15) is 0 Å². The second-order valence-electron chi connectivity index (χ2n) is 7.39. The highest BCUT2D eigenvalue weighted by atomic mass is 15.3. The lowest BCUT2D eigenvalue weighted by atomic mass is 9.67. The lowest BCUT2D eigenvalue weighted by molar-refractivity contribution is 0.0198. The Morgan fingerprint density at radius 1 is 1.10 bits per heavy atom. The minimum atomic E-state index is 0.288. The molecule has 20 heavy (non-hydrogen) atoms. The van der Waals surface area contributed by atoms with E-state index in [1.54, 1.807) is 0 Å². The molecular weight excluding hydrogens is 246 g/mol. The zero-order valence-corrected chi connectivity index (χ0v) is 13.8. The van der Waals surface area contributed by atoms with Gasteiger partial charge in [0.25, 0.3) is 0 Å². The molecule has 2 aliphatic carbocycles. The minimum absolute atomic E-state index is 0.288. The standard InChI is InChI=1S/C17H35N3/c1-4-14-8-10-15(11-9-14)16(19-18)17(20(2)3)12-6-5-7-13-17/h14-16,19H,4-13,18H2,1-3H3. The van der Waals surface area contributed by atoms with E-state index >= 15 is 0 Å². The van der Waals surface area contributed by atoms with Crippen molar-refractivity contribution >= 4 is 0 Å². The average Bonchev–Trinajstić information content (AvgIpc) is 2.49. The Hall–Kier alpha value is -0.120. The third kappa shape index (κ3) is 3.20. The number of hydrogen-bond donors (Lipinski definition) is 2. The Balaban J connectivity index is 2.09. The summed E-state index contributed by atoms with van der Waals surface area (Å²) in [5.41, 5.74) is 3.54. The summed E-state index contributed by atoms with van der Waals surface area (Å²) in [6.07, 6.45) is 13.6. The molecule has 0 bridgehead atoms. The summed E-state index contributed by atoms with van der Waals surface area (Å²) in [7, 11) is 4.51. The molecule has 0 saturated heterocycles. The van der Waals surface area contributed by atoms with E-state index in [4.69, 9.17) is 5.84 Å². The van der Waals surface area contributed by atoms with Crippen LogP contribution in [0.1, 0.15) is 71.1 Å². The number of hydrogen-bond acceptors (Lipinski definition) is 3. The summed E-state index contributed by atoms with van der Waals surface area (Å²) in [5.74, 6) is 7.78. The van der Waals surface area contributed by atoms with Crippen LogP contribution in [0, 0.1) is 11.8 Å². The first-order valence-electron chi connectivity index (χ1n) is 8.77. The van der Waals surface area contributed by atoms with Crippen molar-refractivity contribution in [1.82, 2.24) is 10.3 Å². The third-order valence-electron chi connectivity index (χ3n) is 6.31. The Bertz CT molecular complexity index is 276. The third-order valence-corrected chi connectivity index (χ3v) is 6.31. The van der Waals surface area contributed by atoms with Crippen LogP contribution in [-0.4, -0.2) is 30.6 Å². The average molecular weight is 281 g/mol. The molecule has 3 nitrogen and oxygen atoms in total. The highest BCUT2D eigenvalue weighted by Gasteiger charge is 2.45. The van der Waals surface area contributed by atoms with Crippen molar-refractivity contribution in [2.24, 2.45) is 17.7 Å². The second kappa shape index (κ2) is 7.24. The van der Waals surface area contributed by atoms with E-state index in [2.05, 4.69) is 31.3 Å². The number of nitrogens with zero attached hydrogens (tertiary/aromatic N) is 1. The van der Waals surface area contributed by atoms with Crippen molar-refractivity contribution in [2.75, 3.05) is 14.1 Å². The van der Waals surface area contributed by atoms with Crippen LogP contribution < -0.4 is 11.3 Å². The van der Waals surface area contributed by atoms with E-state index in [1.165, 1.54) is 64.2 Å². The van der Waals surface area contributed by atoms with E-state index in [-0.39, 0.29) is 5.54 Å². The van der Waals surface area contributed by atoms with Crippen molar-refractivity contribution in [1.29, 1.82) is 0 Å². The summed E-state index contributed by atoms with van der Waals surface area (Å²) in [6.45, 7) is 2.34. The van der Waals surface area contributed by atoms with Gasteiger partial charge in [0.15, 0.2) is 0 Å². The van der Waals surface area contributed by atoms with Crippen LogP contribution in [0.3, 0.4) is 0 Å². The van der Waals surface area contributed by atoms with Gasteiger partial charge >= 0.3 is 0 Å². The maximum atomic E-state index is 6.05. The zero-order chi connectivity index (χ0) is 14.6. The molecular formula is C17H35N3. The summed E-state index contributed by atoms with van der Waals surface area (Å²) in [5, 5.41) is 0. The van der Waals surface area contributed by atoms with Crippen LogP contribution in [0.15, 0.2) is 0 Å². The number of hydrazine groups is 1. The maximum Gasteiger partial charge on any atom is 0.0422 e. The predicted molar refractivity (Wildman–Crippen MR) is 86.4 cm³/mol. The molecule has 0 aromatic carbocycles. The molecule has 0 aliphatic heterocycles. The first-order chi connectivity index (χ1) is 9.64. The molecule has 0 spiro atoms. The predicted octanol–water partition coefficient (Wildman–Crippen LogP) is 3.30. The number of nitrogens with two attached hydrogens (primary N) is 1. The van der Waals surface area contributed by atoms with Gasteiger partial charge < -0.3 is 4.90 Å². The summed E-state index contributed by atoms with van der Waals surface area (Å²) in [4.78, 5) is 2.47. The van der Waals surface area contributed by atoms with E-state index in [1.807, 2.05) is 0 Å². The zero-order valence-electron chi connectivity index (χ0n) is 13.8. The van der Waals surface area contributed by atoms with Gasteiger partial charge in [0, 0.05) is 11.6 Å². The van der Waals surface area contributed by atoms with Gasteiger partial charge in [-0.1, -0.05) is 45.4 Å². The molecule has 0 radical (unpaired) electrons. The Morgan fingerprint density at radius 2 is 1.70 bits per heavy atom.